The lowest BCUT2D eigenvalue weighted by molar-refractivity contribution is -0.223. The van der Waals surface area contributed by atoms with Crippen molar-refractivity contribution in [2.75, 3.05) is 20.2 Å². The second kappa shape index (κ2) is 11.6. The molecule has 9 heteroatoms. The van der Waals surface area contributed by atoms with E-state index in [-0.39, 0.29) is 17.2 Å². The van der Waals surface area contributed by atoms with Gasteiger partial charge in [-0.25, -0.2) is 9.73 Å². The first kappa shape index (κ1) is 29.0. The number of nitrogens with zero attached hydrogens (tertiary/aromatic N) is 4. The van der Waals surface area contributed by atoms with Crippen molar-refractivity contribution in [2.45, 2.75) is 77.7 Å². The second-order valence-electron chi connectivity index (χ2n) is 12.0. The maximum atomic E-state index is 7.53. The van der Waals surface area contributed by atoms with Crippen molar-refractivity contribution < 1.29 is 18.7 Å². The fraction of sp³-hybridized carbons (Fsp3) is 0.500. The molecule has 1 aromatic heterocycles. The Kier molecular flexibility index (Phi) is 8.62. The molecule has 1 heterocycles. The van der Waals surface area contributed by atoms with Crippen LogP contribution >= 0.6 is 0 Å². The van der Waals surface area contributed by atoms with Gasteiger partial charge < -0.3 is 9.26 Å². The Morgan fingerprint density at radius 1 is 1.21 bits per heavy atom. The van der Waals surface area contributed by atoms with Crippen LogP contribution in [0.2, 0.25) is 18.1 Å². The molecule has 8 nitrogen and oxygen atoms in total. The van der Waals surface area contributed by atoms with Crippen LogP contribution in [-0.4, -0.2) is 49.7 Å². The van der Waals surface area contributed by atoms with Gasteiger partial charge in [-0.1, -0.05) is 44.1 Å². The molecule has 0 N–H and O–H groups in total. The van der Waals surface area contributed by atoms with Gasteiger partial charge >= 0.3 is 0 Å². The predicted octanol–water partition coefficient (Wildman–Crippen LogP) is 7.61. The van der Waals surface area contributed by atoms with E-state index in [2.05, 4.69) is 74.0 Å². The first-order valence-corrected chi connectivity index (χ1v) is 16.5. The van der Waals surface area contributed by atoms with Gasteiger partial charge in [0, 0.05) is 23.7 Å². The molecule has 0 fully saturated rings. The summed E-state index contributed by atoms with van der Waals surface area (Å²) < 4.78 is 17.3. The van der Waals surface area contributed by atoms with Crippen LogP contribution in [0.4, 0.5) is 5.69 Å². The van der Waals surface area contributed by atoms with Crippen LogP contribution < -0.4 is 4.74 Å². The average molecular weight is 549 g/mol. The molecule has 0 saturated heterocycles. The Morgan fingerprint density at radius 2 is 1.97 bits per heavy atom. The molecular formula is C30H40N4O4Si. The smallest absolute Gasteiger partial charge is 0.256 e. The fourth-order valence-corrected chi connectivity index (χ4v) is 5.12. The lowest BCUT2D eigenvalue weighted by atomic mass is 10.0. The molecule has 208 valence electrons. The zero-order valence-electron chi connectivity index (χ0n) is 24.4. The molecular weight excluding hydrogens is 508 g/mol. The highest BCUT2D eigenvalue weighted by Gasteiger charge is 2.39. The van der Waals surface area contributed by atoms with Crippen molar-refractivity contribution in [3.05, 3.63) is 58.9 Å². The maximum absolute atomic E-state index is 7.53. The zero-order valence-corrected chi connectivity index (χ0v) is 25.4. The highest BCUT2D eigenvalue weighted by Crippen LogP contribution is 2.41. The van der Waals surface area contributed by atoms with Crippen molar-refractivity contribution in [3.63, 3.8) is 0 Å². The summed E-state index contributed by atoms with van der Waals surface area (Å²) in [6.07, 6.45) is 1.94. The average Bonchev–Trinajstić information content (AvgIpc) is 3.53. The monoisotopic (exact) mass is 548 g/mol. The van der Waals surface area contributed by atoms with E-state index in [0.29, 0.717) is 35.3 Å². The summed E-state index contributed by atoms with van der Waals surface area (Å²) >= 11 is 0. The van der Waals surface area contributed by atoms with E-state index in [4.69, 9.17) is 30.3 Å². The molecule has 2 aromatic carbocycles. The van der Waals surface area contributed by atoms with E-state index < -0.39 is 8.32 Å². The minimum absolute atomic E-state index is 0.0162. The number of likely N-dealkylation sites (N-methyl/N-ethyl adjacent to an activating group) is 1. The third-order valence-electron chi connectivity index (χ3n) is 7.73. The van der Waals surface area contributed by atoms with E-state index in [0.717, 1.165) is 24.9 Å². The van der Waals surface area contributed by atoms with E-state index in [9.17, 15) is 0 Å². The molecule has 1 aliphatic rings. The number of hydrogen-bond donors (Lipinski definition) is 0. The van der Waals surface area contributed by atoms with Crippen molar-refractivity contribution in [3.8, 4) is 28.6 Å². The molecule has 0 aliphatic heterocycles. The number of hydrogen-bond acceptors (Lipinski definition) is 7. The molecule has 1 aliphatic carbocycles. The number of fused-ring (bicyclic) bond motifs is 1. The number of aromatic nitrogens is 2. The van der Waals surface area contributed by atoms with Crippen LogP contribution in [-0.2, 0) is 15.9 Å². The van der Waals surface area contributed by atoms with Crippen LogP contribution in [0.3, 0.4) is 0 Å². The highest BCUT2D eigenvalue weighted by molar-refractivity contribution is 6.73. The standard InChI is InChI=1S/C30H40N4O4Si/c1-20(2)36-27-16-13-21(19-25(27)31-6)29-32-28(33-37-29)24-12-10-11-23-22(24)14-15-26(23)34(7)17-18-35-38-39(8,9)30(3,4)5/h10-13,16,19-20,26H,14-15,17-18H2,1-5,7-9H3/t26-/m0/s1. The Morgan fingerprint density at radius 3 is 2.67 bits per heavy atom. The number of benzene rings is 2. The molecule has 39 heavy (non-hydrogen) atoms. The molecule has 3 aromatic rings. The summed E-state index contributed by atoms with van der Waals surface area (Å²) in [5, 5.41) is 4.41. The van der Waals surface area contributed by atoms with Gasteiger partial charge in [0.05, 0.1) is 19.3 Å². The van der Waals surface area contributed by atoms with Gasteiger partial charge in [0.15, 0.2) is 0 Å². The van der Waals surface area contributed by atoms with Crippen LogP contribution in [0.5, 0.6) is 5.75 Å². The van der Waals surface area contributed by atoms with Gasteiger partial charge in [0.1, 0.15) is 5.75 Å². The van der Waals surface area contributed by atoms with Crippen LogP contribution in [0.1, 0.15) is 58.2 Å². The number of rotatable bonds is 10. The molecule has 4 rings (SSSR count). The minimum Gasteiger partial charge on any atom is -0.502 e. The fourth-order valence-electron chi connectivity index (χ4n) is 4.49. The molecule has 0 bridgehead atoms. The van der Waals surface area contributed by atoms with Crippen molar-refractivity contribution in [1.29, 1.82) is 0 Å². The second-order valence-corrected chi connectivity index (χ2v) is 16.6. The van der Waals surface area contributed by atoms with E-state index in [1.807, 2.05) is 19.9 Å². The maximum Gasteiger partial charge on any atom is 0.256 e. The first-order chi connectivity index (χ1) is 18.4. The minimum atomic E-state index is -1.93. The SMILES string of the molecule is [C-]#[N+]c1cc(-c2nc(-c3cccc4c3CC[C@@H]4N(C)CCOO[Si](C)(C)C(C)(C)C)no2)ccc1OC(C)C. The summed E-state index contributed by atoms with van der Waals surface area (Å²) in [5.74, 6) is 1.49. The van der Waals surface area contributed by atoms with Gasteiger partial charge in [0.2, 0.25) is 19.8 Å². The van der Waals surface area contributed by atoms with Gasteiger partial charge in [-0.05, 0) is 81.2 Å². The van der Waals surface area contributed by atoms with Crippen LogP contribution in [0.15, 0.2) is 40.9 Å². The molecule has 0 spiro atoms. The summed E-state index contributed by atoms with van der Waals surface area (Å²) in [6, 6.07) is 12.0. The van der Waals surface area contributed by atoms with Crippen molar-refractivity contribution in [2.24, 2.45) is 0 Å². The molecule has 0 amide bonds. The van der Waals surface area contributed by atoms with Gasteiger partial charge in [-0.15, -0.1) is 0 Å². The topological polar surface area (TPSA) is 74.2 Å². The lowest BCUT2D eigenvalue weighted by Crippen LogP contribution is -2.41. The lowest BCUT2D eigenvalue weighted by Gasteiger charge is -2.34. The summed E-state index contributed by atoms with van der Waals surface area (Å²) in [5.41, 5.74) is 4.65. The Labute approximate surface area is 233 Å². The predicted molar refractivity (Wildman–Crippen MR) is 155 cm³/mol. The number of ether oxygens (including phenoxy) is 1. The molecule has 0 radical (unpaired) electrons. The summed E-state index contributed by atoms with van der Waals surface area (Å²) in [4.78, 5) is 16.3. The first-order valence-electron chi connectivity index (χ1n) is 13.6. The van der Waals surface area contributed by atoms with Crippen LogP contribution in [0, 0.1) is 6.57 Å². The van der Waals surface area contributed by atoms with Gasteiger partial charge in [0.25, 0.3) is 5.89 Å². The van der Waals surface area contributed by atoms with Crippen LogP contribution in [0.25, 0.3) is 27.7 Å². The van der Waals surface area contributed by atoms with E-state index in [1.54, 1.807) is 12.1 Å². The van der Waals surface area contributed by atoms with E-state index in [1.165, 1.54) is 11.1 Å². The normalized spacial score (nSPS) is 15.6. The summed E-state index contributed by atoms with van der Waals surface area (Å²) in [6.45, 7) is 23.7. The molecule has 0 unspecified atom stereocenters. The Balaban J connectivity index is 1.46. The van der Waals surface area contributed by atoms with E-state index >= 15 is 0 Å². The largest absolute Gasteiger partial charge is 0.502 e. The van der Waals surface area contributed by atoms with Gasteiger partial charge in [-0.2, -0.15) is 4.98 Å². The molecule has 0 saturated carbocycles. The van der Waals surface area contributed by atoms with Crippen molar-refractivity contribution >= 4 is 14.0 Å². The van der Waals surface area contributed by atoms with Crippen molar-refractivity contribution in [1.82, 2.24) is 15.0 Å². The summed E-state index contributed by atoms with van der Waals surface area (Å²) in [7, 11) is 0.202. The quantitative estimate of drug-likeness (QED) is 0.0848. The van der Waals surface area contributed by atoms with Gasteiger partial charge in [-0.3, -0.25) is 9.48 Å². The molecule has 1 atom stereocenters. The third kappa shape index (κ3) is 6.42. The highest BCUT2D eigenvalue weighted by atomic mass is 28.4. The third-order valence-corrected chi connectivity index (χ3v) is 11.9. The zero-order chi connectivity index (χ0) is 28.4. The Bertz CT molecular complexity index is 1340. The Hall–Kier alpha value is -3.03.